The fraction of sp³-hybridized carbons (Fsp3) is 0.222. The number of pyridine rings is 1. The Morgan fingerprint density at radius 2 is 1.89 bits per heavy atom. The molecule has 3 aromatic rings. The summed E-state index contributed by atoms with van der Waals surface area (Å²) in [7, 11) is 0. The van der Waals surface area contributed by atoms with Crippen LogP contribution in [0, 0.1) is 5.82 Å². The van der Waals surface area contributed by atoms with Crippen molar-refractivity contribution < 1.29 is 23.5 Å². The van der Waals surface area contributed by atoms with Crippen LogP contribution in [0.3, 0.4) is 0 Å². The molecule has 4 aliphatic heterocycles. The van der Waals surface area contributed by atoms with E-state index in [1.165, 1.54) is 22.7 Å². The van der Waals surface area contributed by atoms with Crippen LogP contribution in [0.1, 0.15) is 16.8 Å². The molecule has 1 atom stereocenters. The van der Waals surface area contributed by atoms with Crippen molar-refractivity contribution >= 4 is 40.3 Å². The second-order valence-electron chi connectivity index (χ2n) is 9.38. The number of amides is 3. The Morgan fingerprint density at radius 3 is 2.74 bits per heavy atom. The summed E-state index contributed by atoms with van der Waals surface area (Å²) < 4.78 is 21.2. The highest BCUT2D eigenvalue weighted by Crippen LogP contribution is 2.40. The number of rotatable bonds is 3. The van der Waals surface area contributed by atoms with Gasteiger partial charge in [-0.1, -0.05) is 18.2 Å². The third-order valence-corrected chi connectivity index (χ3v) is 7.33. The summed E-state index contributed by atoms with van der Waals surface area (Å²) in [5.74, 6) is -1.76. The lowest BCUT2D eigenvalue weighted by atomic mass is 9.94. The number of para-hydroxylation sites is 1. The molecule has 1 N–H and O–H groups in total. The van der Waals surface area contributed by atoms with Crippen LogP contribution in [-0.2, 0) is 25.5 Å². The van der Waals surface area contributed by atoms with E-state index in [0.29, 0.717) is 44.0 Å². The molecule has 1 fully saturated rings. The number of nitrogens with one attached hydrogen (secondary N) is 1. The van der Waals surface area contributed by atoms with Crippen LogP contribution in [0.5, 0.6) is 0 Å². The Labute approximate surface area is 215 Å². The van der Waals surface area contributed by atoms with E-state index < -0.39 is 23.7 Å². The van der Waals surface area contributed by atoms with Gasteiger partial charge in [-0.2, -0.15) is 0 Å². The fourth-order valence-electron chi connectivity index (χ4n) is 5.63. The highest BCUT2D eigenvalue weighted by atomic mass is 19.1. The van der Waals surface area contributed by atoms with Gasteiger partial charge in [0.15, 0.2) is 11.5 Å². The number of nitrogens with zero attached hydrogens (tertiary/aromatic N) is 5. The lowest BCUT2D eigenvalue weighted by Crippen LogP contribution is -2.49. The Bertz CT molecular complexity index is 1650. The molecule has 11 heteroatoms. The van der Waals surface area contributed by atoms with Gasteiger partial charge in [-0.3, -0.25) is 29.1 Å². The minimum absolute atomic E-state index is 0.00463. The van der Waals surface area contributed by atoms with Gasteiger partial charge in [0, 0.05) is 43.7 Å². The quantitative estimate of drug-likeness (QED) is 0.533. The number of aliphatic imine (C=N–C) groups is 1. The number of carbonyl (C=O) groups excluding carboxylic acids is 3. The van der Waals surface area contributed by atoms with Crippen molar-refractivity contribution in [1.29, 1.82) is 0 Å². The first kappa shape index (κ1) is 22.5. The van der Waals surface area contributed by atoms with E-state index in [-0.39, 0.29) is 28.4 Å². The maximum Gasteiger partial charge on any atom is 0.261 e. The van der Waals surface area contributed by atoms with E-state index in [0.717, 1.165) is 11.3 Å². The summed E-state index contributed by atoms with van der Waals surface area (Å²) in [5, 5.41) is 2.37. The average molecular weight is 513 g/mol. The number of morpholine rings is 1. The van der Waals surface area contributed by atoms with Gasteiger partial charge in [-0.15, -0.1) is 0 Å². The zero-order valence-corrected chi connectivity index (χ0v) is 20.1. The van der Waals surface area contributed by atoms with E-state index in [9.17, 15) is 18.8 Å². The molecule has 0 radical (unpaired) electrons. The summed E-state index contributed by atoms with van der Waals surface area (Å²) in [6.45, 7) is 2.09. The number of halogens is 1. The Kier molecular flexibility index (Phi) is 5.02. The lowest BCUT2D eigenvalue weighted by Gasteiger charge is -2.32. The lowest BCUT2D eigenvalue weighted by molar-refractivity contribution is -0.136. The Balaban J connectivity index is 1.36. The molecule has 38 heavy (non-hydrogen) atoms. The number of aromatic nitrogens is 2. The molecule has 190 valence electrons. The topological polar surface area (TPSA) is 109 Å². The molecule has 0 bridgehead atoms. The zero-order chi connectivity index (χ0) is 26.0. The van der Waals surface area contributed by atoms with Gasteiger partial charge in [-0.05, 0) is 17.7 Å². The van der Waals surface area contributed by atoms with E-state index >= 15 is 0 Å². The molecule has 10 nitrogen and oxygen atoms in total. The SMILES string of the molecule is O=C1NC(=O)C(c2cnc3c(F)cccn23)=C1C1=NC=CN2c3c(cccc31)CC2C(=O)N1CCOCC1. The van der Waals surface area contributed by atoms with Gasteiger partial charge in [0.1, 0.15) is 6.04 Å². The molecule has 7 rings (SSSR count). The number of anilines is 1. The highest BCUT2D eigenvalue weighted by Gasteiger charge is 2.42. The van der Waals surface area contributed by atoms with Gasteiger partial charge in [0.05, 0.1) is 47.6 Å². The molecule has 0 aliphatic carbocycles. The third-order valence-electron chi connectivity index (χ3n) is 7.33. The zero-order valence-electron chi connectivity index (χ0n) is 20.1. The van der Waals surface area contributed by atoms with Crippen molar-refractivity contribution in [3.8, 4) is 0 Å². The second-order valence-corrected chi connectivity index (χ2v) is 9.38. The normalized spacial score (nSPS) is 20.7. The van der Waals surface area contributed by atoms with Crippen molar-refractivity contribution in [2.45, 2.75) is 12.5 Å². The number of ether oxygens (including phenoxy) is 1. The van der Waals surface area contributed by atoms with E-state index in [1.807, 2.05) is 28.0 Å². The van der Waals surface area contributed by atoms with Gasteiger partial charge in [0.25, 0.3) is 11.8 Å². The van der Waals surface area contributed by atoms with Crippen molar-refractivity contribution in [3.05, 3.63) is 83.3 Å². The number of imidazole rings is 1. The Hall–Kier alpha value is -4.64. The smallest absolute Gasteiger partial charge is 0.261 e. The van der Waals surface area contributed by atoms with E-state index in [1.54, 1.807) is 18.6 Å². The predicted octanol–water partition coefficient (Wildman–Crippen LogP) is 1.45. The minimum atomic E-state index is -0.614. The van der Waals surface area contributed by atoms with E-state index in [2.05, 4.69) is 15.3 Å². The molecule has 1 saturated heterocycles. The average Bonchev–Trinajstić information content (AvgIpc) is 3.56. The molecular formula is C27H21FN6O4. The van der Waals surface area contributed by atoms with Gasteiger partial charge < -0.3 is 14.5 Å². The van der Waals surface area contributed by atoms with Crippen LogP contribution < -0.4 is 10.2 Å². The van der Waals surface area contributed by atoms with Crippen LogP contribution in [-0.4, -0.2) is 70.1 Å². The van der Waals surface area contributed by atoms with Crippen LogP contribution in [0.2, 0.25) is 0 Å². The van der Waals surface area contributed by atoms with Crippen molar-refractivity contribution in [3.63, 3.8) is 0 Å². The largest absolute Gasteiger partial charge is 0.378 e. The summed E-state index contributed by atoms with van der Waals surface area (Å²) in [4.78, 5) is 52.2. The number of hydrogen-bond acceptors (Lipinski definition) is 7. The molecule has 2 aromatic heterocycles. The van der Waals surface area contributed by atoms with Crippen molar-refractivity contribution in [2.24, 2.45) is 4.99 Å². The van der Waals surface area contributed by atoms with Crippen LogP contribution >= 0.6 is 0 Å². The molecule has 1 unspecified atom stereocenters. The maximum atomic E-state index is 14.4. The van der Waals surface area contributed by atoms with Crippen LogP contribution in [0.25, 0.3) is 11.2 Å². The first-order chi connectivity index (χ1) is 18.5. The first-order valence-corrected chi connectivity index (χ1v) is 12.3. The second kappa shape index (κ2) is 8.45. The van der Waals surface area contributed by atoms with Crippen molar-refractivity contribution in [2.75, 3.05) is 31.2 Å². The molecule has 4 aliphatic rings. The minimum Gasteiger partial charge on any atom is -0.378 e. The maximum absolute atomic E-state index is 14.4. The van der Waals surface area contributed by atoms with Gasteiger partial charge in [0.2, 0.25) is 5.91 Å². The number of hydrogen-bond donors (Lipinski definition) is 1. The predicted molar refractivity (Wildman–Crippen MR) is 135 cm³/mol. The summed E-state index contributed by atoms with van der Waals surface area (Å²) in [6, 6.07) is 7.96. The summed E-state index contributed by atoms with van der Waals surface area (Å²) in [5.41, 5.74) is 3.09. The monoisotopic (exact) mass is 512 g/mol. The molecule has 1 aromatic carbocycles. The standard InChI is InChI=1S/C27H21FN6O4/c28-17-5-2-7-34-19(14-30-24(17)34)20-21(26(36)31-25(20)35)22-16-4-1-3-15-13-18(33(23(15)16)8-6-29-22)27(37)32-9-11-38-12-10-32/h1-8,14,18H,9-13H2,(H,31,35,36). The van der Waals surface area contributed by atoms with Gasteiger partial charge >= 0.3 is 0 Å². The molecule has 6 heterocycles. The molecule has 0 spiro atoms. The molecule has 0 saturated carbocycles. The van der Waals surface area contributed by atoms with Crippen LogP contribution in [0.15, 0.2) is 65.7 Å². The summed E-state index contributed by atoms with van der Waals surface area (Å²) >= 11 is 0. The number of fused-ring (bicyclic) bond motifs is 1. The van der Waals surface area contributed by atoms with Crippen molar-refractivity contribution in [1.82, 2.24) is 19.6 Å². The Morgan fingerprint density at radius 1 is 1.08 bits per heavy atom. The number of benzene rings is 1. The number of imide groups is 1. The summed E-state index contributed by atoms with van der Waals surface area (Å²) in [6.07, 6.45) is 6.74. The molecular weight excluding hydrogens is 491 g/mol. The first-order valence-electron chi connectivity index (χ1n) is 12.3. The third kappa shape index (κ3) is 3.25. The van der Waals surface area contributed by atoms with E-state index in [4.69, 9.17) is 4.74 Å². The fourth-order valence-corrected chi connectivity index (χ4v) is 5.63. The highest BCUT2D eigenvalue weighted by molar-refractivity contribution is 6.47. The van der Waals surface area contributed by atoms with Gasteiger partial charge in [-0.25, -0.2) is 9.37 Å². The number of carbonyl (C=O) groups is 3. The van der Waals surface area contributed by atoms with Crippen LogP contribution in [0.4, 0.5) is 10.1 Å². The molecule has 3 amide bonds.